The van der Waals surface area contributed by atoms with Gasteiger partial charge in [0.05, 0.1) is 0 Å². The molecule has 8 heteroatoms. The molecule has 1 atom stereocenters. The van der Waals surface area contributed by atoms with E-state index in [1.165, 1.54) is 0 Å². The molecule has 0 aromatic rings. The van der Waals surface area contributed by atoms with Gasteiger partial charge in [0.2, 0.25) is 17.7 Å². The molecule has 3 amide bonds. The third-order valence-electron chi connectivity index (χ3n) is 4.28. The van der Waals surface area contributed by atoms with Crippen LogP contribution in [0.4, 0.5) is 0 Å². The molecule has 2 aliphatic rings. The number of carbonyl (C=O) groups is 3. The Labute approximate surface area is 122 Å². The maximum atomic E-state index is 12.6. The zero-order chi connectivity index (χ0) is 15.5. The van der Waals surface area contributed by atoms with Gasteiger partial charge in [-0.05, 0) is 19.3 Å². The van der Waals surface area contributed by atoms with Crippen LogP contribution >= 0.6 is 0 Å². The second kappa shape index (κ2) is 6.11. The smallest absolute Gasteiger partial charge is 0.249 e. The summed E-state index contributed by atoms with van der Waals surface area (Å²) in [6.07, 6.45) is 4.03. The van der Waals surface area contributed by atoms with Crippen LogP contribution in [-0.2, 0) is 14.4 Å². The van der Waals surface area contributed by atoms with Gasteiger partial charge in [-0.15, -0.1) is 0 Å². The quantitative estimate of drug-likeness (QED) is 0.185. The number of nitrogens with one attached hydrogen (secondary N) is 2. The van der Waals surface area contributed by atoms with Crippen LogP contribution in [-0.4, -0.2) is 34.8 Å². The third kappa shape index (κ3) is 2.98. The molecule has 0 aromatic heterocycles. The fourth-order valence-corrected chi connectivity index (χ4v) is 2.98. The zero-order valence-electron chi connectivity index (χ0n) is 11.7. The van der Waals surface area contributed by atoms with Crippen molar-refractivity contribution in [2.24, 2.45) is 16.3 Å². The first kappa shape index (κ1) is 15.3. The summed E-state index contributed by atoms with van der Waals surface area (Å²) >= 11 is 0. The van der Waals surface area contributed by atoms with E-state index in [0.29, 0.717) is 12.8 Å². The van der Waals surface area contributed by atoms with E-state index in [0.717, 1.165) is 19.3 Å². The van der Waals surface area contributed by atoms with Crippen molar-refractivity contribution in [2.45, 2.75) is 51.0 Å². The van der Waals surface area contributed by atoms with Crippen LogP contribution in [0.1, 0.15) is 44.9 Å². The molecular weight excluding hydrogens is 276 g/mol. The van der Waals surface area contributed by atoms with E-state index >= 15 is 0 Å². The largest absolute Gasteiger partial charge is 0.409 e. The lowest BCUT2D eigenvalue weighted by molar-refractivity contribution is -0.139. The molecule has 5 N–H and O–H groups in total. The van der Waals surface area contributed by atoms with E-state index < -0.39 is 23.3 Å². The van der Waals surface area contributed by atoms with Crippen LogP contribution in [0.15, 0.2) is 5.16 Å². The Morgan fingerprint density at radius 2 is 2.00 bits per heavy atom. The van der Waals surface area contributed by atoms with Gasteiger partial charge in [0.15, 0.2) is 5.84 Å². The van der Waals surface area contributed by atoms with Crippen LogP contribution < -0.4 is 16.4 Å². The van der Waals surface area contributed by atoms with E-state index in [1.54, 1.807) is 0 Å². The normalized spacial score (nSPS) is 26.1. The van der Waals surface area contributed by atoms with E-state index in [-0.39, 0.29) is 24.6 Å². The Morgan fingerprint density at radius 1 is 1.33 bits per heavy atom. The number of nitrogens with two attached hydrogens (primary N) is 1. The second-order valence-corrected chi connectivity index (χ2v) is 5.61. The van der Waals surface area contributed by atoms with Crippen molar-refractivity contribution >= 4 is 23.6 Å². The zero-order valence-corrected chi connectivity index (χ0v) is 11.7. The lowest BCUT2D eigenvalue weighted by Gasteiger charge is -2.36. The number of amidine groups is 1. The van der Waals surface area contributed by atoms with Gasteiger partial charge in [0.25, 0.3) is 0 Å². The molecule has 0 spiro atoms. The van der Waals surface area contributed by atoms with E-state index in [9.17, 15) is 14.4 Å². The van der Waals surface area contributed by atoms with Gasteiger partial charge in [0, 0.05) is 6.42 Å². The molecule has 1 heterocycles. The molecule has 21 heavy (non-hydrogen) atoms. The summed E-state index contributed by atoms with van der Waals surface area (Å²) in [7, 11) is 0. The highest BCUT2D eigenvalue weighted by molar-refractivity contribution is 6.09. The van der Waals surface area contributed by atoms with Crippen molar-refractivity contribution < 1.29 is 19.6 Å². The molecule has 0 radical (unpaired) electrons. The van der Waals surface area contributed by atoms with Crippen molar-refractivity contribution in [3.8, 4) is 0 Å². The number of rotatable bonds is 3. The molecule has 0 bridgehead atoms. The lowest BCUT2D eigenvalue weighted by Crippen LogP contribution is -2.58. The molecule has 0 aromatic carbocycles. The lowest BCUT2D eigenvalue weighted by atomic mass is 9.72. The van der Waals surface area contributed by atoms with Crippen LogP contribution in [0.3, 0.4) is 0 Å². The van der Waals surface area contributed by atoms with Crippen LogP contribution in [0, 0.1) is 5.41 Å². The van der Waals surface area contributed by atoms with Crippen molar-refractivity contribution in [1.82, 2.24) is 10.6 Å². The first-order valence-electron chi connectivity index (χ1n) is 7.12. The van der Waals surface area contributed by atoms with Gasteiger partial charge >= 0.3 is 0 Å². The van der Waals surface area contributed by atoms with Gasteiger partial charge in [-0.1, -0.05) is 24.4 Å². The Bertz CT molecular complexity index is 483. The molecule has 1 saturated carbocycles. The minimum atomic E-state index is -1.06. The van der Waals surface area contributed by atoms with Crippen molar-refractivity contribution in [2.75, 3.05) is 0 Å². The molecule has 1 aliphatic heterocycles. The third-order valence-corrected chi connectivity index (χ3v) is 4.28. The number of carbonyl (C=O) groups excluding carboxylic acids is 3. The number of imide groups is 1. The number of nitrogens with zero attached hydrogens (tertiary/aromatic N) is 1. The fourth-order valence-electron chi connectivity index (χ4n) is 2.98. The summed E-state index contributed by atoms with van der Waals surface area (Å²) in [6, 6.07) is -0.750. The molecule has 1 unspecified atom stereocenters. The van der Waals surface area contributed by atoms with Gasteiger partial charge in [-0.25, -0.2) is 0 Å². The minimum absolute atomic E-state index is 0.119. The number of hydrogen-bond acceptors (Lipinski definition) is 5. The van der Waals surface area contributed by atoms with Gasteiger partial charge in [0.1, 0.15) is 11.5 Å². The standard InChI is InChI=1S/C13H20N4O4/c14-11(17-21)13(6-2-1-3-7-13)12(20)15-8-4-5-9(18)16-10(8)19/h8,21H,1-7H2,(H2,14,17)(H,15,20)(H,16,18,19). The van der Waals surface area contributed by atoms with Gasteiger partial charge < -0.3 is 16.3 Å². The average molecular weight is 296 g/mol. The maximum Gasteiger partial charge on any atom is 0.249 e. The highest BCUT2D eigenvalue weighted by Gasteiger charge is 2.45. The van der Waals surface area contributed by atoms with Crippen LogP contribution in [0.5, 0.6) is 0 Å². The summed E-state index contributed by atoms with van der Waals surface area (Å²) in [5.41, 5.74) is 4.67. The molecule has 2 fully saturated rings. The van der Waals surface area contributed by atoms with E-state index in [2.05, 4.69) is 15.8 Å². The first-order chi connectivity index (χ1) is 9.99. The SMILES string of the molecule is NC(=NO)C1(C(=O)NC2CCC(=O)NC2=O)CCCCC1. The maximum absolute atomic E-state index is 12.6. The number of piperidine rings is 1. The Kier molecular flexibility index (Phi) is 4.44. The highest BCUT2D eigenvalue weighted by atomic mass is 16.4. The van der Waals surface area contributed by atoms with Crippen molar-refractivity contribution in [3.63, 3.8) is 0 Å². The Hall–Kier alpha value is -2.12. The highest BCUT2D eigenvalue weighted by Crippen LogP contribution is 2.37. The summed E-state index contributed by atoms with van der Waals surface area (Å²) in [6.45, 7) is 0. The Balaban J connectivity index is 2.12. The molecule has 2 rings (SSSR count). The fraction of sp³-hybridized carbons (Fsp3) is 0.692. The molecule has 8 nitrogen and oxygen atoms in total. The number of hydrogen-bond donors (Lipinski definition) is 4. The van der Waals surface area contributed by atoms with E-state index in [4.69, 9.17) is 10.9 Å². The molecule has 1 saturated heterocycles. The molecule has 1 aliphatic carbocycles. The van der Waals surface area contributed by atoms with Crippen molar-refractivity contribution in [1.29, 1.82) is 0 Å². The van der Waals surface area contributed by atoms with Crippen molar-refractivity contribution in [3.05, 3.63) is 0 Å². The Morgan fingerprint density at radius 3 is 2.57 bits per heavy atom. The average Bonchev–Trinajstić information content (AvgIpc) is 2.49. The second-order valence-electron chi connectivity index (χ2n) is 5.61. The molecule has 116 valence electrons. The summed E-state index contributed by atoms with van der Waals surface area (Å²) in [5, 5.41) is 16.8. The van der Waals surface area contributed by atoms with Crippen LogP contribution in [0.2, 0.25) is 0 Å². The molecular formula is C13H20N4O4. The summed E-state index contributed by atoms with van der Waals surface area (Å²) in [4.78, 5) is 35.4. The summed E-state index contributed by atoms with van der Waals surface area (Å²) in [5.74, 6) is -1.38. The van der Waals surface area contributed by atoms with E-state index in [1.807, 2.05) is 0 Å². The van der Waals surface area contributed by atoms with Gasteiger partial charge in [-0.2, -0.15) is 0 Å². The van der Waals surface area contributed by atoms with Gasteiger partial charge in [-0.3, -0.25) is 19.7 Å². The monoisotopic (exact) mass is 296 g/mol. The predicted molar refractivity (Wildman–Crippen MR) is 73.2 cm³/mol. The first-order valence-corrected chi connectivity index (χ1v) is 7.12. The number of amides is 3. The number of oxime groups is 1. The van der Waals surface area contributed by atoms with Crippen LogP contribution in [0.25, 0.3) is 0 Å². The predicted octanol–water partition coefficient (Wildman–Crippen LogP) is -0.395. The topological polar surface area (TPSA) is 134 Å². The minimum Gasteiger partial charge on any atom is -0.409 e. The summed E-state index contributed by atoms with van der Waals surface area (Å²) < 4.78 is 0.